The highest BCUT2D eigenvalue weighted by Crippen LogP contribution is 2.29. The number of ether oxygens (including phenoxy) is 3. The number of benzene rings is 3. The van der Waals surface area contributed by atoms with Gasteiger partial charge in [0.05, 0.1) is 24.5 Å². The lowest BCUT2D eigenvalue weighted by Crippen LogP contribution is -2.33. The molecule has 0 saturated carbocycles. The lowest BCUT2D eigenvalue weighted by molar-refractivity contribution is -0.127. The molecular weight excluding hydrogens is 430 g/mol. The minimum Gasteiger partial charge on any atom is -0.490 e. The molecule has 1 amide bonds. The summed E-state index contributed by atoms with van der Waals surface area (Å²) >= 11 is 0. The molecule has 3 rings (SSSR count). The molecule has 0 aliphatic rings. The summed E-state index contributed by atoms with van der Waals surface area (Å²) in [7, 11) is 0. The van der Waals surface area contributed by atoms with E-state index >= 15 is 0 Å². The first-order valence-corrected chi connectivity index (χ1v) is 10.9. The number of nitriles is 1. The molecule has 7 nitrogen and oxygen atoms in total. The number of amides is 1. The molecule has 0 aliphatic heterocycles. The highest BCUT2D eigenvalue weighted by molar-refractivity contribution is 5.85. The van der Waals surface area contributed by atoms with Crippen LogP contribution in [0.15, 0.2) is 71.8 Å². The van der Waals surface area contributed by atoms with Crippen LogP contribution in [-0.4, -0.2) is 24.8 Å². The second kappa shape index (κ2) is 12.1. The van der Waals surface area contributed by atoms with Crippen LogP contribution < -0.4 is 19.6 Å². The number of para-hydroxylation sites is 1. The average Bonchev–Trinajstić information content (AvgIpc) is 2.85. The monoisotopic (exact) mass is 457 g/mol. The maximum absolute atomic E-state index is 12.3. The predicted molar refractivity (Wildman–Crippen MR) is 130 cm³/mol. The van der Waals surface area contributed by atoms with E-state index in [2.05, 4.69) is 16.6 Å². The Kier molecular flexibility index (Phi) is 8.64. The second-order valence-electron chi connectivity index (χ2n) is 7.46. The number of nitrogens with zero attached hydrogens (tertiary/aromatic N) is 2. The molecule has 0 fully saturated rings. The van der Waals surface area contributed by atoms with Crippen molar-refractivity contribution in [1.82, 2.24) is 5.43 Å². The van der Waals surface area contributed by atoms with Gasteiger partial charge in [0.15, 0.2) is 17.6 Å². The van der Waals surface area contributed by atoms with Crippen LogP contribution in [0, 0.1) is 18.3 Å². The topological polar surface area (TPSA) is 92.9 Å². The number of hydrogen-bond donors (Lipinski definition) is 1. The standard InChI is InChI=1S/C27H27N3O4/c1-4-32-26-15-21(13-14-25(26)33-18-23-11-7-6-10-22(23)16-28)17-29-30-27(31)20(3)34-24-12-8-5-9-19(24)2/h5-15,17,20H,4,18H2,1-3H3,(H,30,31)/b29-17-/t20-/m0/s1. The van der Waals surface area contributed by atoms with E-state index in [1.54, 1.807) is 31.2 Å². The van der Waals surface area contributed by atoms with E-state index in [-0.39, 0.29) is 12.5 Å². The summed E-state index contributed by atoms with van der Waals surface area (Å²) < 4.78 is 17.3. The van der Waals surface area contributed by atoms with E-state index < -0.39 is 6.10 Å². The Balaban J connectivity index is 1.62. The molecule has 3 aromatic rings. The zero-order chi connectivity index (χ0) is 24.3. The second-order valence-corrected chi connectivity index (χ2v) is 7.46. The van der Waals surface area contributed by atoms with Crippen LogP contribution in [0.5, 0.6) is 17.2 Å². The van der Waals surface area contributed by atoms with Crippen molar-refractivity contribution in [3.8, 4) is 23.3 Å². The van der Waals surface area contributed by atoms with Gasteiger partial charge in [0.1, 0.15) is 12.4 Å². The maximum atomic E-state index is 12.3. The average molecular weight is 458 g/mol. The molecule has 7 heteroatoms. The number of hydrogen-bond acceptors (Lipinski definition) is 6. The Morgan fingerprint density at radius 3 is 2.59 bits per heavy atom. The summed E-state index contributed by atoms with van der Waals surface area (Å²) in [6.07, 6.45) is 0.819. The Hall–Kier alpha value is -4.31. The molecule has 0 aliphatic carbocycles. The van der Waals surface area contributed by atoms with Gasteiger partial charge in [-0.25, -0.2) is 5.43 Å². The highest BCUT2D eigenvalue weighted by atomic mass is 16.5. The van der Waals surface area contributed by atoms with Crippen LogP contribution in [-0.2, 0) is 11.4 Å². The smallest absolute Gasteiger partial charge is 0.280 e. The minimum absolute atomic E-state index is 0.242. The number of rotatable bonds is 10. The van der Waals surface area contributed by atoms with Gasteiger partial charge in [-0.15, -0.1) is 0 Å². The van der Waals surface area contributed by atoms with Crippen LogP contribution in [0.2, 0.25) is 0 Å². The first-order chi connectivity index (χ1) is 16.5. The van der Waals surface area contributed by atoms with Gasteiger partial charge in [-0.1, -0.05) is 36.4 Å². The van der Waals surface area contributed by atoms with Gasteiger partial charge in [0.25, 0.3) is 5.91 Å². The summed E-state index contributed by atoms with van der Waals surface area (Å²) in [5, 5.41) is 13.3. The maximum Gasteiger partial charge on any atom is 0.280 e. The molecule has 34 heavy (non-hydrogen) atoms. The summed E-state index contributed by atoms with van der Waals surface area (Å²) in [6.45, 7) is 6.17. The van der Waals surface area contributed by atoms with Crippen LogP contribution in [0.1, 0.15) is 36.1 Å². The van der Waals surface area contributed by atoms with Gasteiger partial charge < -0.3 is 14.2 Å². The van der Waals surface area contributed by atoms with Gasteiger partial charge in [-0.3, -0.25) is 4.79 Å². The molecule has 0 radical (unpaired) electrons. The predicted octanol–water partition coefficient (Wildman–Crippen LogP) is 4.76. The van der Waals surface area contributed by atoms with E-state index in [0.29, 0.717) is 29.4 Å². The first-order valence-electron chi connectivity index (χ1n) is 10.9. The zero-order valence-electron chi connectivity index (χ0n) is 19.4. The SMILES string of the molecule is CCOc1cc(/C=N\NC(=O)[C@H](C)Oc2ccccc2C)ccc1OCc1ccccc1C#N. The van der Waals surface area contributed by atoms with Crippen molar-refractivity contribution in [2.45, 2.75) is 33.5 Å². The number of hydrazone groups is 1. The molecule has 3 aromatic carbocycles. The van der Waals surface area contributed by atoms with Gasteiger partial charge >= 0.3 is 0 Å². The number of carbonyl (C=O) groups is 1. The molecule has 0 unspecified atom stereocenters. The molecule has 174 valence electrons. The van der Waals surface area contributed by atoms with Crippen molar-refractivity contribution in [1.29, 1.82) is 5.26 Å². The lowest BCUT2D eigenvalue weighted by Gasteiger charge is -2.14. The summed E-state index contributed by atoms with van der Waals surface area (Å²) in [5.74, 6) is 1.39. The Labute approximate surface area is 199 Å². The normalized spacial score (nSPS) is 11.5. The van der Waals surface area contributed by atoms with E-state index in [9.17, 15) is 10.1 Å². The van der Waals surface area contributed by atoms with E-state index in [1.807, 2.05) is 56.3 Å². The zero-order valence-corrected chi connectivity index (χ0v) is 19.4. The van der Waals surface area contributed by atoms with Crippen molar-refractivity contribution in [2.24, 2.45) is 5.10 Å². The minimum atomic E-state index is -0.704. The highest BCUT2D eigenvalue weighted by Gasteiger charge is 2.15. The molecule has 0 spiro atoms. The largest absolute Gasteiger partial charge is 0.490 e. The van der Waals surface area contributed by atoms with Crippen molar-refractivity contribution in [2.75, 3.05) is 6.61 Å². The van der Waals surface area contributed by atoms with Gasteiger partial charge in [0.2, 0.25) is 0 Å². The van der Waals surface area contributed by atoms with Crippen LogP contribution in [0.25, 0.3) is 0 Å². The van der Waals surface area contributed by atoms with Crippen molar-refractivity contribution < 1.29 is 19.0 Å². The summed E-state index contributed by atoms with van der Waals surface area (Å²) in [5.41, 5.74) is 5.54. The third-order valence-corrected chi connectivity index (χ3v) is 4.94. The Morgan fingerprint density at radius 1 is 1.06 bits per heavy atom. The number of carbonyl (C=O) groups excluding carboxylic acids is 1. The Bertz CT molecular complexity index is 1200. The van der Waals surface area contributed by atoms with Crippen molar-refractivity contribution in [3.05, 3.63) is 89.0 Å². The fourth-order valence-corrected chi connectivity index (χ4v) is 3.10. The van der Waals surface area contributed by atoms with Gasteiger partial charge in [-0.05, 0) is 62.2 Å². The van der Waals surface area contributed by atoms with E-state index in [1.165, 1.54) is 6.21 Å². The molecule has 0 saturated heterocycles. The quantitative estimate of drug-likeness (QED) is 0.350. The fraction of sp³-hybridized carbons (Fsp3) is 0.222. The first kappa shape index (κ1) is 24.3. The molecule has 1 atom stereocenters. The fourth-order valence-electron chi connectivity index (χ4n) is 3.10. The van der Waals surface area contributed by atoms with Crippen LogP contribution in [0.4, 0.5) is 0 Å². The van der Waals surface area contributed by atoms with Crippen molar-refractivity contribution >= 4 is 12.1 Å². The molecule has 0 heterocycles. The van der Waals surface area contributed by atoms with Crippen molar-refractivity contribution in [3.63, 3.8) is 0 Å². The lowest BCUT2D eigenvalue weighted by atomic mass is 10.1. The van der Waals surface area contributed by atoms with Gasteiger partial charge in [-0.2, -0.15) is 10.4 Å². The number of nitrogens with one attached hydrogen (secondary N) is 1. The molecule has 0 bridgehead atoms. The Morgan fingerprint density at radius 2 is 1.82 bits per heavy atom. The van der Waals surface area contributed by atoms with Gasteiger partial charge in [0, 0.05) is 5.56 Å². The van der Waals surface area contributed by atoms with Crippen LogP contribution >= 0.6 is 0 Å². The van der Waals surface area contributed by atoms with E-state index in [0.717, 1.165) is 16.7 Å². The van der Waals surface area contributed by atoms with E-state index in [4.69, 9.17) is 14.2 Å². The third kappa shape index (κ3) is 6.59. The molecule has 0 aromatic heterocycles. The molecular formula is C27H27N3O4. The van der Waals surface area contributed by atoms with Crippen LogP contribution in [0.3, 0.4) is 0 Å². The third-order valence-electron chi connectivity index (χ3n) is 4.94. The molecule has 1 N–H and O–H groups in total. The summed E-state index contributed by atoms with van der Waals surface area (Å²) in [4.78, 5) is 12.3. The number of aryl methyl sites for hydroxylation is 1. The summed E-state index contributed by atoms with van der Waals surface area (Å²) in [6, 6.07) is 22.3.